The number of nitrogens with one attached hydrogen (secondary N) is 1. The van der Waals surface area contributed by atoms with Crippen LogP contribution in [0.5, 0.6) is 0 Å². The van der Waals surface area contributed by atoms with E-state index < -0.39 is 16.1 Å². The van der Waals surface area contributed by atoms with Gasteiger partial charge in [-0.3, -0.25) is 0 Å². The van der Waals surface area contributed by atoms with Gasteiger partial charge in [-0.25, -0.2) is 13.1 Å². The molecule has 1 unspecified atom stereocenters. The van der Waals surface area contributed by atoms with Crippen molar-refractivity contribution in [1.82, 2.24) is 4.72 Å². The Bertz CT molecular complexity index is 668. The van der Waals surface area contributed by atoms with E-state index in [1.165, 1.54) is 24.5 Å². The standard InChI is InChI=1S/C12H13ClN2O3S/c1-8(11-3-2-6-18-11)15-19(16,17)12-7-9(14)4-5-10(12)13/h2-8,15H,14H2,1H3. The van der Waals surface area contributed by atoms with Crippen molar-refractivity contribution in [3.05, 3.63) is 47.4 Å². The molecule has 0 saturated carbocycles. The van der Waals surface area contributed by atoms with Gasteiger partial charge >= 0.3 is 0 Å². The number of anilines is 1. The summed E-state index contributed by atoms with van der Waals surface area (Å²) < 4.78 is 32.1. The highest BCUT2D eigenvalue weighted by Gasteiger charge is 2.22. The van der Waals surface area contributed by atoms with Crippen molar-refractivity contribution in [3.8, 4) is 0 Å². The second-order valence-electron chi connectivity index (χ2n) is 4.05. The van der Waals surface area contributed by atoms with E-state index in [2.05, 4.69) is 4.72 Å². The molecule has 0 aliphatic rings. The zero-order valence-corrected chi connectivity index (χ0v) is 11.7. The van der Waals surface area contributed by atoms with Gasteiger partial charge in [0.25, 0.3) is 0 Å². The van der Waals surface area contributed by atoms with Gasteiger partial charge in [-0.2, -0.15) is 0 Å². The van der Waals surface area contributed by atoms with Crippen molar-refractivity contribution in [2.75, 3.05) is 5.73 Å². The predicted molar refractivity (Wildman–Crippen MR) is 73.3 cm³/mol. The van der Waals surface area contributed by atoms with Crippen molar-refractivity contribution in [2.45, 2.75) is 17.9 Å². The highest BCUT2D eigenvalue weighted by molar-refractivity contribution is 7.89. The first-order valence-corrected chi connectivity index (χ1v) is 7.37. The van der Waals surface area contributed by atoms with E-state index in [9.17, 15) is 8.42 Å². The maximum Gasteiger partial charge on any atom is 0.242 e. The average Bonchev–Trinajstić information content (AvgIpc) is 2.85. The number of nitrogens with two attached hydrogens (primary N) is 1. The van der Waals surface area contributed by atoms with Gasteiger partial charge in [0.15, 0.2) is 0 Å². The topological polar surface area (TPSA) is 85.3 Å². The summed E-state index contributed by atoms with van der Waals surface area (Å²) in [7, 11) is -3.76. The second-order valence-corrected chi connectivity index (χ2v) is 6.14. The highest BCUT2D eigenvalue weighted by Crippen LogP contribution is 2.25. The van der Waals surface area contributed by atoms with E-state index in [0.717, 1.165) is 0 Å². The fourth-order valence-corrected chi connectivity index (χ4v) is 3.36. The van der Waals surface area contributed by atoms with Crippen LogP contribution in [0.25, 0.3) is 0 Å². The Kier molecular flexibility index (Phi) is 3.84. The molecule has 7 heteroatoms. The third kappa shape index (κ3) is 3.09. The van der Waals surface area contributed by atoms with Gasteiger partial charge in [0.2, 0.25) is 10.0 Å². The molecule has 0 saturated heterocycles. The Hall–Kier alpha value is -1.50. The lowest BCUT2D eigenvalue weighted by molar-refractivity contribution is 0.459. The molecule has 2 rings (SSSR count). The number of hydrogen-bond donors (Lipinski definition) is 2. The van der Waals surface area contributed by atoms with Crippen LogP contribution < -0.4 is 10.5 Å². The van der Waals surface area contributed by atoms with Crippen LogP contribution in [0.4, 0.5) is 5.69 Å². The number of benzene rings is 1. The van der Waals surface area contributed by atoms with Crippen LogP contribution in [-0.4, -0.2) is 8.42 Å². The molecular weight excluding hydrogens is 288 g/mol. The van der Waals surface area contributed by atoms with Gasteiger partial charge in [-0.1, -0.05) is 11.6 Å². The lowest BCUT2D eigenvalue weighted by atomic mass is 10.3. The summed E-state index contributed by atoms with van der Waals surface area (Å²) in [6.07, 6.45) is 1.48. The summed E-state index contributed by atoms with van der Waals surface area (Å²) in [6, 6.07) is 7.18. The van der Waals surface area contributed by atoms with Gasteiger partial charge in [-0.15, -0.1) is 0 Å². The van der Waals surface area contributed by atoms with E-state index in [1.54, 1.807) is 19.1 Å². The second kappa shape index (κ2) is 5.24. The van der Waals surface area contributed by atoms with Crippen molar-refractivity contribution in [2.24, 2.45) is 0 Å². The van der Waals surface area contributed by atoms with Crippen molar-refractivity contribution in [1.29, 1.82) is 0 Å². The minimum Gasteiger partial charge on any atom is -0.468 e. The molecule has 0 radical (unpaired) electrons. The molecule has 0 fully saturated rings. The lowest BCUT2D eigenvalue weighted by Crippen LogP contribution is -2.27. The van der Waals surface area contributed by atoms with E-state index >= 15 is 0 Å². The average molecular weight is 301 g/mol. The maximum absolute atomic E-state index is 12.2. The molecule has 5 nitrogen and oxygen atoms in total. The molecule has 2 aromatic rings. The first-order valence-electron chi connectivity index (χ1n) is 5.51. The molecule has 0 aliphatic heterocycles. The van der Waals surface area contributed by atoms with Gasteiger partial charge in [0.1, 0.15) is 10.7 Å². The Morgan fingerprint density at radius 2 is 2.11 bits per heavy atom. The first kappa shape index (κ1) is 13.9. The van der Waals surface area contributed by atoms with E-state index in [0.29, 0.717) is 11.4 Å². The molecule has 0 amide bonds. The van der Waals surface area contributed by atoms with Crippen molar-refractivity contribution < 1.29 is 12.8 Å². The van der Waals surface area contributed by atoms with Gasteiger partial charge in [0, 0.05) is 5.69 Å². The molecule has 0 aliphatic carbocycles. The number of hydrogen-bond acceptors (Lipinski definition) is 4. The summed E-state index contributed by atoms with van der Waals surface area (Å²) in [6.45, 7) is 1.68. The molecule has 3 N–H and O–H groups in total. The summed E-state index contributed by atoms with van der Waals surface area (Å²) >= 11 is 5.89. The lowest BCUT2D eigenvalue weighted by Gasteiger charge is -2.13. The summed E-state index contributed by atoms with van der Waals surface area (Å²) in [5.74, 6) is 0.517. The number of nitrogen functional groups attached to an aromatic ring is 1. The third-order valence-corrected chi connectivity index (χ3v) is 4.57. The Balaban J connectivity index is 2.30. The summed E-state index contributed by atoms with van der Waals surface area (Å²) in [5.41, 5.74) is 5.91. The van der Waals surface area contributed by atoms with E-state index in [-0.39, 0.29) is 9.92 Å². The Morgan fingerprint density at radius 3 is 2.74 bits per heavy atom. The predicted octanol–water partition coefficient (Wildman–Crippen LogP) is 2.55. The Morgan fingerprint density at radius 1 is 1.37 bits per heavy atom. The van der Waals surface area contributed by atoms with Crippen LogP contribution in [0.1, 0.15) is 18.7 Å². The number of sulfonamides is 1. The van der Waals surface area contributed by atoms with E-state index in [1.807, 2.05) is 0 Å². The van der Waals surface area contributed by atoms with Gasteiger partial charge in [-0.05, 0) is 37.3 Å². The molecule has 1 aromatic heterocycles. The zero-order valence-electron chi connectivity index (χ0n) is 10.1. The molecule has 102 valence electrons. The zero-order chi connectivity index (χ0) is 14.0. The summed E-state index contributed by atoms with van der Waals surface area (Å²) in [5, 5.41) is 0.119. The fraction of sp³-hybridized carbons (Fsp3) is 0.167. The largest absolute Gasteiger partial charge is 0.468 e. The SMILES string of the molecule is CC(NS(=O)(=O)c1cc(N)ccc1Cl)c1ccco1. The number of rotatable bonds is 4. The third-order valence-electron chi connectivity index (χ3n) is 2.55. The summed E-state index contributed by atoms with van der Waals surface area (Å²) in [4.78, 5) is -0.0485. The minimum absolute atomic E-state index is 0.0485. The van der Waals surface area contributed by atoms with Crippen LogP contribution in [-0.2, 0) is 10.0 Å². The van der Waals surface area contributed by atoms with Gasteiger partial charge in [0.05, 0.1) is 17.3 Å². The molecule has 0 bridgehead atoms. The van der Waals surface area contributed by atoms with Crippen molar-refractivity contribution in [3.63, 3.8) is 0 Å². The van der Waals surface area contributed by atoms with Crippen molar-refractivity contribution >= 4 is 27.3 Å². The van der Waals surface area contributed by atoms with Crippen LogP contribution in [0.3, 0.4) is 0 Å². The van der Waals surface area contributed by atoms with Crippen LogP contribution in [0, 0.1) is 0 Å². The van der Waals surface area contributed by atoms with Crippen LogP contribution >= 0.6 is 11.6 Å². The maximum atomic E-state index is 12.2. The molecular formula is C12H13ClN2O3S. The molecule has 1 atom stereocenters. The molecule has 0 spiro atoms. The number of furan rings is 1. The van der Waals surface area contributed by atoms with Crippen LogP contribution in [0.2, 0.25) is 5.02 Å². The molecule has 1 aromatic carbocycles. The fourth-order valence-electron chi connectivity index (χ4n) is 1.62. The molecule has 1 heterocycles. The monoisotopic (exact) mass is 300 g/mol. The minimum atomic E-state index is -3.76. The normalized spacial score (nSPS) is 13.4. The van der Waals surface area contributed by atoms with Gasteiger partial charge < -0.3 is 10.2 Å². The first-order chi connectivity index (χ1) is 8.90. The Labute approximate surface area is 116 Å². The number of halogens is 1. The van der Waals surface area contributed by atoms with Crippen LogP contribution in [0.15, 0.2) is 45.9 Å². The van der Waals surface area contributed by atoms with E-state index in [4.69, 9.17) is 21.8 Å². The highest BCUT2D eigenvalue weighted by atomic mass is 35.5. The quantitative estimate of drug-likeness (QED) is 0.850. The molecule has 19 heavy (non-hydrogen) atoms. The smallest absolute Gasteiger partial charge is 0.242 e.